The van der Waals surface area contributed by atoms with Gasteiger partial charge >= 0.3 is 0 Å². The van der Waals surface area contributed by atoms with Gasteiger partial charge in [0.1, 0.15) is 0 Å². The Kier molecular flexibility index (Phi) is 6.41. The Bertz CT molecular complexity index is 357. The highest BCUT2D eigenvalue weighted by Crippen LogP contribution is 1.93. The summed E-state index contributed by atoms with van der Waals surface area (Å²) >= 11 is 0. The van der Waals surface area contributed by atoms with Gasteiger partial charge in [-0.05, 0) is 12.1 Å². The second kappa shape index (κ2) is 8.28. The summed E-state index contributed by atoms with van der Waals surface area (Å²) in [7, 11) is 0. The summed E-state index contributed by atoms with van der Waals surface area (Å²) in [6, 6.07) is 5.88. The second-order valence-corrected chi connectivity index (χ2v) is 3.62. The summed E-state index contributed by atoms with van der Waals surface area (Å²) in [5.41, 5.74) is 1.08. The standard InChI is InChI=1S/C8H9N.C6H10N2/c1-2-5-8-6-3-4-7-9-8;1-2-4-8-5-3-7-6-8/h2-4,6-7H,1,5H2;2,6H,1,3-5H2. The maximum Gasteiger partial charge on any atom is 0.0854 e. The minimum atomic E-state index is 0.862. The molecular formula is C14H19N3. The molecule has 3 nitrogen and oxygen atoms in total. The first kappa shape index (κ1) is 13.2. The smallest absolute Gasteiger partial charge is 0.0854 e. The van der Waals surface area contributed by atoms with Gasteiger partial charge in [0.15, 0.2) is 0 Å². The van der Waals surface area contributed by atoms with Crippen LogP contribution in [0.4, 0.5) is 0 Å². The number of aromatic nitrogens is 1. The Labute approximate surface area is 103 Å². The van der Waals surface area contributed by atoms with Crippen molar-refractivity contribution in [2.24, 2.45) is 4.99 Å². The average molecular weight is 229 g/mol. The van der Waals surface area contributed by atoms with E-state index in [1.54, 1.807) is 6.20 Å². The number of hydrogen-bond donors (Lipinski definition) is 0. The first-order valence-electron chi connectivity index (χ1n) is 5.72. The van der Waals surface area contributed by atoms with Crippen molar-refractivity contribution in [1.29, 1.82) is 0 Å². The third kappa shape index (κ3) is 5.66. The van der Waals surface area contributed by atoms with Gasteiger partial charge in [0.25, 0.3) is 0 Å². The normalized spacial score (nSPS) is 12.8. The highest BCUT2D eigenvalue weighted by Gasteiger charge is 1.99. The predicted molar refractivity (Wildman–Crippen MR) is 73.3 cm³/mol. The zero-order valence-electron chi connectivity index (χ0n) is 10.1. The summed E-state index contributed by atoms with van der Waals surface area (Å²) in [5, 5.41) is 0. The van der Waals surface area contributed by atoms with Gasteiger partial charge in [-0.15, -0.1) is 13.2 Å². The molecule has 0 atom stereocenters. The molecule has 90 valence electrons. The maximum atomic E-state index is 4.10. The van der Waals surface area contributed by atoms with Crippen LogP contribution in [0.3, 0.4) is 0 Å². The van der Waals surface area contributed by atoms with E-state index >= 15 is 0 Å². The van der Waals surface area contributed by atoms with Crippen LogP contribution < -0.4 is 0 Å². The van der Waals surface area contributed by atoms with Gasteiger partial charge in [-0.25, -0.2) is 0 Å². The molecule has 1 aromatic heterocycles. The molecule has 0 fully saturated rings. The number of hydrogen-bond acceptors (Lipinski definition) is 3. The first-order chi connectivity index (χ1) is 8.36. The maximum absolute atomic E-state index is 4.10. The van der Waals surface area contributed by atoms with Crippen LogP contribution in [0.5, 0.6) is 0 Å². The third-order valence-electron chi connectivity index (χ3n) is 2.20. The fraction of sp³-hybridized carbons (Fsp3) is 0.286. The van der Waals surface area contributed by atoms with Crippen molar-refractivity contribution in [3.8, 4) is 0 Å². The zero-order chi connectivity index (χ0) is 12.3. The van der Waals surface area contributed by atoms with E-state index in [-0.39, 0.29) is 0 Å². The predicted octanol–water partition coefficient (Wildman–Crippen LogP) is 2.33. The molecule has 0 amide bonds. The molecule has 0 saturated carbocycles. The lowest BCUT2D eigenvalue weighted by Gasteiger charge is -2.08. The summed E-state index contributed by atoms with van der Waals surface area (Å²) in [6.45, 7) is 10.2. The number of pyridine rings is 1. The van der Waals surface area contributed by atoms with E-state index < -0.39 is 0 Å². The molecule has 1 aliphatic heterocycles. The Balaban J connectivity index is 0.000000171. The molecule has 0 radical (unpaired) electrons. The van der Waals surface area contributed by atoms with Gasteiger partial charge in [-0.1, -0.05) is 18.2 Å². The third-order valence-corrected chi connectivity index (χ3v) is 2.20. The molecule has 0 aromatic carbocycles. The van der Waals surface area contributed by atoms with Crippen molar-refractivity contribution in [1.82, 2.24) is 9.88 Å². The van der Waals surface area contributed by atoms with E-state index in [4.69, 9.17) is 0 Å². The largest absolute Gasteiger partial charge is 0.357 e. The molecule has 3 heteroatoms. The highest BCUT2D eigenvalue weighted by atomic mass is 15.2. The van der Waals surface area contributed by atoms with Crippen LogP contribution in [0.15, 0.2) is 54.7 Å². The molecule has 0 saturated heterocycles. The Hall–Kier alpha value is -1.90. The van der Waals surface area contributed by atoms with E-state index in [2.05, 4.69) is 28.0 Å². The van der Waals surface area contributed by atoms with Crippen LogP contribution in [0.1, 0.15) is 5.69 Å². The quantitative estimate of drug-likeness (QED) is 0.741. The van der Waals surface area contributed by atoms with Gasteiger partial charge in [-0.2, -0.15) is 0 Å². The van der Waals surface area contributed by atoms with Crippen LogP contribution in [0.25, 0.3) is 0 Å². The lowest BCUT2D eigenvalue weighted by molar-refractivity contribution is 0.519. The van der Waals surface area contributed by atoms with Crippen molar-refractivity contribution < 1.29 is 0 Å². The summed E-state index contributed by atoms with van der Waals surface area (Å²) < 4.78 is 0. The SMILES string of the molecule is C=CCN1C=NCC1.C=CCc1ccccn1. The van der Waals surface area contributed by atoms with Crippen LogP contribution in [-0.4, -0.2) is 35.9 Å². The molecule has 17 heavy (non-hydrogen) atoms. The van der Waals surface area contributed by atoms with Crippen LogP contribution in [0.2, 0.25) is 0 Å². The van der Waals surface area contributed by atoms with E-state index in [1.165, 1.54) is 0 Å². The van der Waals surface area contributed by atoms with E-state index in [0.29, 0.717) is 0 Å². The average Bonchev–Trinajstić information content (AvgIpc) is 2.85. The topological polar surface area (TPSA) is 28.5 Å². The highest BCUT2D eigenvalue weighted by molar-refractivity contribution is 5.57. The summed E-state index contributed by atoms with van der Waals surface area (Å²) in [4.78, 5) is 10.3. The number of allylic oxidation sites excluding steroid dienone is 1. The minimum Gasteiger partial charge on any atom is -0.357 e. The number of rotatable bonds is 4. The second-order valence-electron chi connectivity index (χ2n) is 3.62. The fourth-order valence-electron chi connectivity index (χ4n) is 1.39. The molecule has 1 aromatic rings. The first-order valence-corrected chi connectivity index (χ1v) is 5.72. The van der Waals surface area contributed by atoms with Gasteiger partial charge in [-0.3, -0.25) is 9.98 Å². The van der Waals surface area contributed by atoms with Crippen LogP contribution >= 0.6 is 0 Å². The number of nitrogens with zero attached hydrogens (tertiary/aromatic N) is 3. The number of aliphatic imine (C=N–C) groups is 1. The summed E-state index contributed by atoms with van der Waals surface area (Å²) in [5.74, 6) is 0. The van der Waals surface area contributed by atoms with Crippen molar-refractivity contribution in [3.05, 3.63) is 55.4 Å². The molecule has 0 unspecified atom stereocenters. The lowest BCUT2D eigenvalue weighted by atomic mass is 10.3. The van der Waals surface area contributed by atoms with Gasteiger partial charge in [0, 0.05) is 31.4 Å². The van der Waals surface area contributed by atoms with E-state index in [9.17, 15) is 0 Å². The van der Waals surface area contributed by atoms with Crippen LogP contribution in [0, 0.1) is 0 Å². The molecule has 0 aliphatic carbocycles. The molecule has 1 aliphatic rings. The van der Waals surface area contributed by atoms with E-state index in [1.807, 2.05) is 36.7 Å². The Morgan fingerprint density at radius 1 is 1.29 bits per heavy atom. The molecule has 0 spiro atoms. The molecule has 2 heterocycles. The van der Waals surface area contributed by atoms with Crippen molar-refractivity contribution in [3.63, 3.8) is 0 Å². The summed E-state index contributed by atoms with van der Waals surface area (Å²) in [6.07, 6.45) is 8.26. The molecule has 0 bridgehead atoms. The van der Waals surface area contributed by atoms with Crippen LogP contribution in [-0.2, 0) is 6.42 Å². The monoisotopic (exact) mass is 229 g/mol. The van der Waals surface area contributed by atoms with Gasteiger partial charge in [0.2, 0.25) is 0 Å². The van der Waals surface area contributed by atoms with Crippen molar-refractivity contribution >= 4 is 6.34 Å². The van der Waals surface area contributed by atoms with E-state index in [0.717, 1.165) is 31.7 Å². The molecular weight excluding hydrogens is 210 g/mol. The van der Waals surface area contributed by atoms with Crippen molar-refractivity contribution in [2.45, 2.75) is 6.42 Å². The van der Waals surface area contributed by atoms with Gasteiger partial charge in [0.05, 0.1) is 12.9 Å². The minimum absolute atomic E-state index is 0.862. The Morgan fingerprint density at radius 2 is 2.18 bits per heavy atom. The molecule has 2 rings (SSSR count). The Morgan fingerprint density at radius 3 is 2.71 bits per heavy atom. The van der Waals surface area contributed by atoms with Gasteiger partial charge < -0.3 is 4.90 Å². The fourth-order valence-corrected chi connectivity index (χ4v) is 1.39. The molecule has 0 N–H and O–H groups in total. The lowest BCUT2D eigenvalue weighted by Crippen LogP contribution is -2.18. The zero-order valence-corrected chi connectivity index (χ0v) is 10.1. The van der Waals surface area contributed by atoms with Crippen molar-refractivity contribution in [2.75, 3.05) is 19.6 Å².